The first-order chi connectivity index (χ1) is 9.84. The summed E-state index contributed by atoms with van der Waals surface area (Å²) in [7, 11) is 0. The van der Waals surface area contributed by atoms with Crippen molar-refractivity contribution >= 4 is 17.2 Å². The van der Waals surface area contributed by atoms with E-state index in [4.69, 9.17) is 0 Å². The maximum atomic E-state index is 12.1. The fraction of sp³-hybridized carbons (Fsp3) is 0.667. The van der Waals surface area contributed by atoms with Gasteiger partial charge in [-0.3, -0.25) is 9.69 Å². The molecule has 1 aromatic heterocycles. The minimum atomic E-state index is 0.0255. The molecule has 1 aromatic rings. The van der Waals surface area contributed by atoms with E-state index in [1.807, 2.05) is 0 Å². The number of nitrogens with one attached hydrogen (secondary N) is 2. The molecule has 2 saturated heterocycles. The number of amides is 1. The third-order valence-electron chi connectivity index (χ3n) is 4.30. The van der Waals surface area contributed by atoms with Gasteiger partial charge in [0.15, 0.2) is 0 Å². The summed E-state index contributed by atoms with van der Waals surface area (Å²) in [5.74, 6) is 0.170. The molecule has 5 heteroatoms. The van der Waals surface area contributed by atoms with Gasteiger partial charge in [0, 0.05) is 11.4 Å². The molecule has 110 valence electrons. The Kier molecular flexibility index (Phi) is 4.70. The summed E-state index contributed by atoms with van der Waals surface area (Å²) in [5.41, 5.74) is 0. The first-order valence-electron chi connectivity index (χ1n) is 7.63. The van der Waals surface area contributed by atoms with Crippen LogP contribution in [-0.2, 0) is 4.79 Å². The van der Waals surface area contributed by atoms with E-state index in [0.29, 0.717) is 6.04 Å². The van der Waals surface area contributed by atoms with Gasteiger partial charge in [-0.2, -0.15) is 0 Å². The maximum Gasteiger partial charge on any atom is 0.237 e. The van der Waals surface area contributed by atoms with Crippen LogP contribution < -0.4 is 10.6 Å². The first kappa shape index (κ1) is 14.0. The molecule has 0 aromatic carbocycles. The van der Waals surface area contributed by atoms with Crippen molar-refractivity contribution in [2.75, 3.05) is 26.2 Å². The third-order valence-corrected chi connectivity index (χ3v) is 5.27. The SMILES string of the molecule is O=C(NCC(c1cccs1)N1CCCC1)C1CCCN1. The molecule has 2 aliphatic rings. The van der Waals surface area contributed by atoms with Gasteiger partial charge >= 0.3 is 0 Å². The zero-order chi connectivity index (χ0) is 13.8. The number of nitrogens with zero attached hydrogens (tertiary/aromatic N) is 1. The normalized spacial score (nSPS) is 24.9. The van der Waals surface area contributed by atoms with E-state index < -0.39 is 0 Å². The number of likely N-dealkylation sites (tertiary alicyclic amines) is 1. The summed E-state index contributed by atoms with van der Waals surface area (Å²) in [5, 5.41) is 8.54. The van der Waals surface area contributed by atoms with Crippen LogP contribution in [0.15, 0.2) is 17.5 Å². The van der Waals surface area contributed by atoms with Crippen LogP contribution in [-0.4, -0.2) is 43.0 Å². The van der Waals surface area contributed by atoms with Crippen LogP contribution in [0.1, 0.15) is 36.6 Å². The minimum absolute atomic E-state index is 0.0255. The second-order valence-electron chi connectivity index (χ2n) is 5.67. The average Bonchev–Trinajstić information content (AvgIpc) is 3.22. The number of carbonyl (C=O) groups excluding carboxylic acids is 1. The van der Waals surface area contributed by atoms with Crippen molar-refractivity contribution in [2.45, 2.75) is 37.8 Å². The smallest absolute Gasteiger partial charge is 0.237 e. The molecule has 1 amide bonds. The highest BCUT2D eigenvalue weighted by molar-refractivity contribution is 7.10. The van der Waals surface area contributed by atoms with Gasteiger partial charge in [0.05, 0.1) is 12.1 Å². The van der Waals surface area contributed by atoms with Crippen molar-refractivity contribution < 1.29 is 4.79 Å². The Morgan fingerprint density at radius 1 is 1.45 bits per heavy atom. The molecular formula is C15H23N3OS. The van der Waals surface area contributed by atoms with Crippen LogP contribution >= 0.6 is 11.3 Å². The zero-order valence-electron chi connectivity index (χ0n) is 11.8. The molecule has 3 rings (SSSR count). The minimum Gasteiger partial charge on any atom is -0.353 e. The number of hydrogen-bond acceptors (Lipinski definition) is 4. The van der Waals surface area contributed by atoms with E-state index in [0.717, 1.165) is 39.0 Å². The lowest BCUT2D eigenvalue weighted by Gasteiger charge is -2.27. The van der Waals surface area contributed by atoms with Crippen molar-refractivity contribution in [2.24, 2.45) is 0 Å². The topological polar surface area (TPSA) is 44.4 Å². The number of carbonyl (C=O) groups is 1. The molecule has 0 radical (unpaired) electrons. The van der Waals surface area contributed by atoms with Crippen LogP contribution in [0.3, 0.4) is 0 Å². The molecule has 3 heterocycles. The highest BCUT2D eigenvalue weighted by Gasteiger charge is 2.27. The Labute approximate surface area is 124 Å². The Morgan fingerprint density at radius 3 is 2.95 bits per heavy atom. The van der Waals surface area contributed by atoms with E-state index in [-0.39, 0.29) is 11.9 Å². The largest absolute Gasteiger partial charge is 0.353 e. The lowest BCUT2D eigenvalue weighted by molar-refractivity contribution is -0.123. The summed E-state index contributed by atoms with van der Waals surface area (Å²) < 4.78 is 0. The van der Waals surface area contributed by atoms with Gasteiger partial charge in [-0.25, -0.2) is 0 Å². The molecule has 2 atom stereocenters. The molecular weight excluding hydrogens is 270 g/mol. The molecule has 4 nitrogen and oxygen atoms in total. The van der Waals surface area contributed by atoms with Crippen LogP contribution in [0, 0.1) is 0 Å². The van der Waals surface area contributed by atoms with Crippen LogP contribution in [0.2, 0.25) is 0 Å². The highest BCUT2D eigenvalue weighted by atomic mass is 32.1. The number of thiophene rings is 1. The monoisotopic (exact) mass is 293 g/mol. The Balaban J connectivity index is 1.59. The highest BCUT2D eigenvalue weighted by Crippen LogP contribution is 2.27. The summed E-state index contributed by atoms with van der Waals surface area (Å²) in [6.45, 7) is 4.01. The fourth-order valence-electron chi connectivity index (χ4n) is 3.17. The van der Waals surface area contributed by atoms with Gasteiger partial charge < -0.3 is 10.6 Å². The van der Waals surface area contributed by atoms with E-state index in [9.17, 15) is 4.79 Å². The molecule has 0 aliphatic carbocycles. The summed E-state index contributed by atoms with van der Waals surface area (Å²) in [4.78, 5) is 16.0. The first-order valence-corrected chi connectivity index (χ1v) is 8.51. The lowest BCUT2D eigenvalue weighted by Crippen LogP contribution is -2.44. The van der Waals surface area contributed by atoms with Gasteiger partial charge in [-0.1, -0.05) is 6.07 Å². The zero-order valence-corrected chi connectivity index (χ0v) is 12.6. The summed E-state index contributed by atoms with van der Waals surface area (Å²) >= 11 is 1.79. The average molecular weight is 293 g/mol. The van der Waals surface area contributed by atoms with Crippen molar-refractivity contribution in [1.29, 1.82) is 0 Å². The predicted molar refractivity (Wildman–Crippen MR) is 81.9 cm³/mol. The predicted octanol–water partition coefficient (Wildman–Crippen LogP) is 1.75. The van der Waals surface area contributed by atoms with Crippen molar-refractivity contribution in [3.05, 3.63) is 22.4 Å². The standard InChI is InChI=1S/C15H23N3OS/c19-15(12-5-3-7-16-12)17-11-13(14-6-4-10-20-14)18-8-1-2-9-18/h4,6,10,12-13,16H,1-3,5,7-9,11H2,(H,17,19). The quantitative estimate of drug-likeness (QED) is 0.869. The second-order valence-corrected chi connectivity index (χ2v) is 6.65. The van der Waals surface area contributed by atoms with Crippen LogP contribution in [0.5, 0.6) is 0 Å². The second kappa shape index (κ2) is 6.70. The van der Waals surface area contributed by atoms with Crippen LogP contribution in [0.4, 0.5) is 0 Å². The molecule has 0 saturated carbocycles. The Bertz CT molecular complexity index is 422. The Morgan fingerprint density at radius 2 is 2.30 bits per heavy atom. The summed E-state index contributed by atoms with van der Waals surface area (Å²) in [6.07, 6.45) is 4.64. The van der Waals surface area contributed by atoms with E-state index in [1.165, 1.54) is 17.7 Å². The van der Waals surface area contributed by atoms with Crippen molar-refractivity contribution in [3.63, 3.8) is 0 Å². The van der Waals surface area contributed by atoms with Gasteiger partial charge in [-0.15, -0.1) is 11.3 Å². The summed E-state index contributed by atoms with van der Waals surface area (Å²) in [6, 6.07) is 4.66. The van der Waals surface area contributed by atoms with Gasteiger partial charge in [0.2, 0.25) is 5.91 Å². The third kappa shape index (κ3) is 3.22. The van der Waals surface area contributed by atoms with E-state index in [1.54, 1.807) is 11.3 Å². The molecule has 20 heavy (non-hydrogen) atoms. The van der Waals surface area contributed by atoms with Gasteiger partial charge in [0.25, 0.3) is 0 Å². The number of hydrogen-bond donors (Lipinski definition) is 2. The molecule has 0 spiro atoms. The molecule has 2 aliphatic heterocycles. The van der Waals surface area contributed by atoms with Gasteiger partial charge in [0.1, 0.15) is 0 Å². The molecule has 2 N–H and O–H groups in total. The van der Waals surface area contributed by atoms with Gasteiger partial charge in [-0.05, 0) is 56.8 Å². The Hall–Kier alpha value is -0.910. The molecule has 0 bridgehead atoms. The molecule has 2 fully saturated rings. The van der Waals surface area contributed by atoms with Crippen molar-refractivity contribution in [1.82, 2.24) is 15.5 Å². The van der Waals surface area contributed by atoms with E-state index >= 15 is 0 Å². The van der Waals surface area contributed by atoms with Crippen molar-refractivity contribution in [3.8, 4) is 0 Å². The number of rotatable bonds is 5. The lowest BCUT2D eigenvalue weighted by atomic mass is 10.2. The maximum absolute atomic E-state index is 12.1. The fourth-order valence-corrected chi connectivity index (χ4v) is 4.03. The van der Waals surface area contributed by atoms with Crippen LogP contribution in [0.25, 0.3) is 0 Å². The van der Waals surface area contributed by atoms with E-state index in [2.05, 4.69) is 33.0 Å². The molecule has 2 unspecified atom stereocenters.